The molecular formula is C9H10BrFN2O5. The van der Waals surface area contributed by atoms with Crippen molar-refractivity contribution in [3.8, 4) is 0 Å². The highest BCUT2D eigenvalue weighted by Crippen LogP contribution is 2.30. The minimum atomic E-state index is -1.88. The fourth-order valence-electron chi connectivity index (χ4n) is 1.73. The van der Waals surface area contributed by atoms with E-state index < -0.39 is 42.5 Å². The number of nitrogens with zero attached hydrogens (tertiary/aromatic N) is 1. The molecule has 1 aromatic rings. The van der Waals surface area contributed by atoms with Crippen LogP contribution in [0.2, 0.25) is 0 Å². The van der Waals surface area contributed by atoms with Crippen molar-refractivity contribution < 1.29 is 19.3 Å². The van der Waals surface area contributed by atoms with Gasteiger partial charge in [-0.3, -0.25) is 14.3 Å². The van der Waals surface area contributed by atoms with Crippen LogP contribution in [-0.2, 0) is 4.74 Å². The van der Waals surface area contributed by atoms with Crippen molar-refractivity contribution >= 4 is 15.9 Å². The van der Waals surface area contributed by atoms with Crippen LogP contribution in [-0.4, -0.2) is 44.8 Å². The number of hydrogen-bond acceptors (Lipinski definition) is 5. The van der Waals surface area contributed by atoms with Crippen LogP contribution in [0.1, 0.15) is 6.23 Å². The summed E-state index contributed by atoms with van der Waals surface area (Å²) in [5.74, 6) is 0. The second-order valence-electron chi connectivity index (χ2n) is 3.83. The Morgan fingerprint density at radius 3 is 2.78 bits per heavy atom. The summed E-state index contributed by atoms with van der Waals surface area (Å²) < 4.78 is 19.6. The zero-order valence-electron chi connectivity index (χ0n) is 8.92. The Hall–Kier alpha value is -1.03. The topological polar surface area (TPSA) is 105 Å². The molecule has 7 nitrogen and oxygen atoms in total. The Balaban J connectivity index is 2.42. The molecule has 0 radical (unpaired) electrons. The van der Waals surface area contributed by atoms with Crippen molar-refractivity contribution in [2.24, 2.45) is 0 Å². The van der Waals surface area contributed by atoms with E-state index in [1.165, 1.54) is 0 Å². The maximum atomic E-state index is 13.8. The van der Waals surface area contributed by atoms with Gasteiger partial charge in [-0.05, 0) is 15.9 Å². The molecule has 0 amide bonds. The predicted molar refractivity (Wildman–Crippen MR) is 60.9 cm³/mol. The monoisotopic (exact) mass is 324 g/mol. The minimum Gasteiger partial charge on any atom is -0.394 e. The smallest absolute Gasteiger partial charge is 0.330 e. The first-order valence-electron chi connectivity index (χ1n) is 5.05. The van der Waals surface area contributed by atoms with Crippen molar-refractivity contribution in [3.63, 3.8) is 0 Å². The zero-order chi connectivity index (χ0) is 13.4. The lowest BCUT2D eigenvalue weighted by Gasteiger charge is -2.15. The quantitative estimate of drug-likeness (QED) is 0.639. The van der Waals surface area contributed by atoms with E-state index in [1.807, 2.05) is 4.98 Å². The van der Waals surface area contributed by atoms with Crippen LogP contribution in [0, 0.1) is 0 Å². The fraction of sp³-hybridized carbons (Fsp3) is 0.556. The van der Waals surface area contributed by atoms with Crippen LogP contribution >= 0.6 is 15.9 Å². The van der Waals surface area contributed by atoms with Crippen molar-refractivity contribution in [1.29, 1.82) is 0 Å². The molecule has 4 atom stereocenters. The third-order valence-electron chi connectivity index (χ3n) is 2.67. The molecule has 100 valence electrons. The summed E-state index contributed by atoms with van der Waals surface area (Å²) in [5, 5.41) is 18.3. The number of alkyl halides is 1. The molecule has 3 N–H and O–H groups in total. The van der Waals surface area contributed by atoms with E-state index >= 15 is 0 Å². The Morgan fingerprint density at radius 1 is 1.56 bits per heavy atom. The predicted octanol–water partition coefficient (Wildman–Crippen LogP) is -1.11. The fourth-order valence-corrected chi connectivity index (χ4v) is 2.05. The van der Waals surface area contributed by atoms with Gasteiger partial charge in [-0.2, -0.15) is 0 Å². The minimum absolute atomic E-state index is 0.0276. The average molecular weight is 325 g/mol. The van der Waals surface area contributed by atoms with Gasteiger partial charge in [0.05, 0.1) is 11.1 Å². The molecular weight excluding hydrogens is 315 g/mol. The van der Waals surface area contributed by atoms with Gasteiger partial charge in [0.15, 0.2) is 12.4 Å². The number of hydrogen-bond donors (Lipinski definition) is 3. The number of aromatic amines is 1. The number of aliphatic hydroxyl groups is 2. The second-order valence-corrected chi connectivity index (χ2v) is 4.68. The molecule has 0 bridgehead atoms. The molecule has 1 aromatic heterocycles. The molecule has 0 spiro atoms. The normalized spacial score (nSPS) is 31.8. The van der Waals surface area contributed by atoms with Crippen molar-refractivity contribution in [3.05, 3.63) is 31.5 Å². The van der Waals surface area contributed by atoms with Crippen molar-refractivity contribution in [2.75, 3.05) is 6.61 Å². The van der Waals surface area contributed by atoms with Crippen LogP contribution < -0.4 is 11.2 Å². The third-order valence-corrected chi connectivity index (χ3v) is 3.24. The maximum Gasteiger partial charge on any atom is 0.330 e. The molecule has 1 aliphatic rings. The number of H-pyrrole nitrogens is 1. The van der Waals surface area contributed by atoms with Gasteiger partial charge >= 0.3 is 5.69 Å². The van der Waals surface area contributed by atoms with Crippen molar-refractivity contribution in [2.45, 2.75) is 24.6 Å². The number of aliphatic hydroxyl groups excluding tert-OH is 2. The summed E-state index contributed by atoms with van der Waals surface area (Å²) in [6.45, 7) is -0.572. The molecule has 1 aliphatic heterocycles. The first kappa shape index (κ1) is 13.4. The molecule has 0 aliphatic carbocycles. The molecule has 2 rings (SSSR count). The standard InChI is InChI=1S/C9H10BrFN2O5/c10-3-1-13(9(17)12-7(3)16)8-5(11)6(15)4(2-14)18-8/h1,4-6,8,14-15H,2H2,(H,12,16,17)/t4-,5?,6+,8-/m1/s1. The summed E-state index contributed by atoms with van der Waals surface area (Å²) in [6.07, 6.45) is -4.83. The van der Waals surface area contributed by atoms with Gasteiger partial charge in [-0.25, -0.2) is 9.18 Å². The highest BCUT2D eigenvalue weighted by molar-refractivity contribution is 9.10. The van der Waals surface area contributed by atoms with Crippen LogP contribution in [0.5, 0.6) is 0 Å². The lowest BCUT2D eigenvalue weighted by Crippen LogP contribution is -2.36. The second kappa shape index (κ2) is 4.92. The van der Waals surface area contributed by atoms with E-state index in [-0.39, 0.29) is 4.47 Å². The molecule has 1 saturated heterocycles. The Morgan fingerprint density at radius 2 is 2.22 bits per heavy atom. The largest absolute Gasteiger partial charge is 0.394 e. The van der Waals surface area contributed by atoms with Gasteiger partial charge in [0.2, 0.25) is 0 Å². The molecule has 0 aromatic carbocycles. The van der Waals surface area contributed by atoms with Crippen LogP contribution in [0.4, 0.5) is 4.39 Å². The van der Waals surface area contributed by atoms with E-state index in [0.29, 0.717) is 0 Å². The summed E-state index contributed by atoms with van der Waals surface area (Å²) >= 11 is 2.90. The van der Waals surface area contributed by atoms with E-state index in [9.17, 15) is 19.1 Å². The van der Waals surface area contributed by atoms with Crippen LogP contribution in [0.3, 0.4) is 0 Å². The first-order valence-corrected chi connectivity index (χ1v) is 5.84. The SMILES string of the molecule is O=c1[nH]c(=O)n([C@@H]2O[C@H](CO)[C@H](O)C2F)cc1Br. The number of aromatic nitrogens is 2. The number of rotatable bonds is 2. The Bertz CT molecular complexity index is 559. The van der Waals surface area contributed by atoms with Gasteiger partial charge in [0, 0.05) is 6.20 Å². The first-order chi connectivity index (χ1) is 8.45. The van der Waals surface area contributed by atoms with Crippen molar-refractivity contribution in [1.82, 2.24) is 9.55 Å². The van der Waals surface area contributed by atoms with E-state index in [1.54, 1.807) is 0 Å². The molecule has 1 fully saturated rings. The zero-order valence-corrected chi connectivity index (χ0v) is 10.5. The number of nitrogens with one attached hydrogen (secondary N) is 1. The average Bonchev–Trinajstić information content (AvgIpc) is 2.61. The van der Waals surface area contributed by atoms with E-state index in [2.05, 4.69) is 15.9 Å². The molecule has 2 heterocycles. The summed E-state index contributed by atoms with van der Waals surface area (Å²) in [5.41, 5.74) is -1.51. The highest BCUT2D eigenvalue weighted by Gasteiger charge is 2.45. The molecule has 0 saturated carbocycles. The molecule has 1 unspecified atom stereocenters. The van der Waals surface area contributed by atoms with Gasteiger partial charge in [0.1, 0.15) is 12.2 Å². The number of halogens is 2. The van der Waals surface area contributed by atoms with Gasteiger partial charge < -0.3 is 14.9 Å². The maximum absolute atomic E-state index is 13.8. The Kier molecular flexibility index (Phi) is 3.66. The highest BCUT2D eigenvalue weighted by atomic mass is 79.9. The lowest BCUT2D eigenvalue weighted by molar-refractivity contribution is -0.0492. The number of ether oxygens (including phenoxy) is 1. The molecule has 18 heavy (non-hydrogen) atoms. The summed E-state index contributed by atoms with van der Waals surface area (Å²) in [4.78, 5) is 24.6. The van der Waals surface area contributed by atoms with Gasteiger partial charge in [-0.15, -0.1) is 0 Å². The van der Waals surface area contributed by atoms with E-state index in [0.717, 1.165) is 10.8 Å². The summed E-state index contributed by atoms with van der Waals surface area (Å²) in [6, 6.07) is 0. The van der Waals surface area contributed by atoms with Gasteiger partial charge in [0.25, 0.3) is 5.56 Å². The van der Waals surface area contributed by atoms with Crippen LogP contribution in [0.25, 0.3) is 0 Å². The van der Waals surface area contributed by atoms with Gasteiger partial charge in [-0.1, -0.05) is 0 Å². The Labute approximate surface area is 108 Å². The van der Waals surface area contributed by atoms with E-state index in [4.69, 9.17) is 9.84 Å². The van der Waals surface area contributed by atoms with Crippen LogP contribution in [0.15, 0.2) is 20.3 Å². The lowest BCUT2D eigenvalue weighted by atomic mass is 10.1. The summed E-state index contributed by atoms with van der Waals surface area (Å²) in [7, 11) is 0. The molecule has 9 heteroatoms. The third kappa shape index (κ3) is 2.14.